The molecule has 9 unspecified atom stereocenters. The average molecular weight is 563 g/mol. The summed E-state index contributed by atoms with van der Waals surface area (Å²) in [4.78, 5) is 0. The molecule has 4 fully saturated rings. The van der Waals surface area contributed by atoms with Gasteiger partial charge in [0.25, 0.3) is 0 Å². The van der Waals surface area contributed by atoms with E-state index in [0.717, 1.165) is 53.6 Å². The second-order valence-electron chi connectivity index (χ2n) is 13.6. The summed E-state index contributed by atoms with van der Waals surface area (Å²) in [7, 11) is 0. The van der Waals surface area contributed by atoms with Crippen molar-refractivity contribution in [3.05, 3.63) is 25.3 Å². The fourth-order valence-electron chi connectivity index (χ4n) is 9.39. The molecule has 4 saturated carbocycles. The Morgan fingerprint density at radius 3 is 1.92 bits per heavy atom. The number of hydrogen-bond acceptors (Lipinski definition) is 1. The molecule has 0 nitrogen and oxygen atoms in total. The summed E-state index contributed by atoms with van der Waals surface area (Å²) in [6, 6.07) is 0. The minimum absolute atomic E-state index is 0.687. The third kappa shape index (κ3) is 9.68. The minimum Gasteiger partial charge on any atom is -0.175 e. The number of hydrogen-bond donors (Lipinski definition) is 1. The molecule has 4 rings (SSSR count). The van der Waals surface area contributed by atoms with Crippen molar-refractivity contribution in [3.63, 3.8) is 0 Å². The van der Waals surface area contributed by atoms with Gasteiger partial charge in [0.2, 0.25) is 0 Å². The van der Waals surface area contributed by atoms with Crippen molar-refractivity contribution < 1.29 is 0 Å². The second kappa shape index (κ2) is 19.9. The van der Waals surface area contributed by atoms with E-state index in [1.54, 1.807) is 32.1 Å². The Morgan fingerprint density at radius 1 is 0.795 bits per heavy atom. The third-order valence-electron chi connectivity index (χ3n) is 11.5. The highest BCUT2D eigenvalue weighted by Gasteiger charge is 2.61. The zero-order valence-electron chi connectivity index (χ0n) is 28.7. The highest BCUT2D eigenvalue weighted by molar-refractivity contribution is 7.80. The quantitative estimate of drug-likeness (QED) is 0.231. The van der Waals surface area contributed by atoms with Crippen molar-refractivity contribution in [2.24, 2.45) is 52.3 Å². The Kier molecular flexibility index (Phi) is 19.8. The van der Waals surface area contributed by atoms with Gasteiger partial charge in [-0.3, -0.25) is 0 Å². The van der Waals surface area contributed by atoms with E-state index in [1.807, 2.05) is 27.7 Å². The van der Waals surface area contributed by atoms with E-state index >= 15 is 0 Å². The van der Waals surface area contributed by atoms with E-state index in [-0.39, 0.29) is 0 Å². The smallest absolute Gasteiger partial charge is 0.0110 e. The van der Waals surface area contributed by atoms with Crippen LogP contribution < -0.4 is 0 Å². The van der Waals surface area contributed by atoms with Crippen LogP contribution in [0.5, 0.6) is 0 Å². The van der Waals surface area contributed by atoms with Crippen molar-refractivity contribution in [2.75, 3.05) is 5.75 Å². The second-order valence-corrected chi connectivity index (χ2v) is 13.9. The Labute approximate surface area is 254 Å². The SMILES string of the molecule is C=C.C=C(CS)CCCC.CC.CC.CCCCC1CCC2C3C(C)CC4CC(C)CCC4(C)C3CCC12C. The summed E-state index contributed by atoms with van der Waals surface area (Å²) in [6.45, 7) is 33.0. The molecule has 0 spiro atoms. The monoisotopic (exact) mass is 563 g/mol. The van der Waals surface area contributed by atoms with Gasteiger partial charge in [-0.1, -0.05) is 107 Å². The van der Waals surface area contributed by atoms with Crippen molar-refractivity contribution in [1.82, 2.24) is 0 Å². The molecule has 232 valence electrons. The lowest BCUT2D eigenvalue weighted by atomic mass is 9.42. The zero-order chi connectivity index (χ0) is 30.2. The number of unbranched alkanes of at least 4 members (excludes halogenated alkanes) is 2. The zero-order valence-corrected chi connectivity index (χ0v) is 29.6. The number of thiol groups is 1. The largest absolute Gasteiger partial charge is 0.175 e. The van der Waals surface area contributed by atoms with Crippen molar-refractivity contribution >= 4 is 12.6 Å². The van der Waals surface area contributed by atoms with Crippen molar-refractivity contribution in [3.8, 4) is 0 Å². The van der Waals surface area contributed by atoms with Crippen molar-refractivity contribution in [2.45, 2.75) is 159 Å². The van der Waals surface area contributed by atoms with Gasteiger partial charge < -0.3 is 0 Å². The summed E-state index contributed by atoms with van der Waals surface area (Å²) in [5, 5.41) is 0. The van der Waals surface area contributed by atoms with Crippen LogP contribution in [-0.4, -0.2) is 5.75 Å². The van der Waals surface area contributed by atoms with Crippen molar-refractivity contribution in [1.29, 1.82) is 0 Å². The highest BCUT2D eigenvalue weighted by atomic mass is 32.1. The molecule has 0 aliphatic heterocycles. The van der Waals surface area contributed by atoms with Crippen LogP contribution in [0, 0.1) is 52.3 Å². The molecule has 0 aromatic rings. The predicted molar refractivity (Wildman–Crippen MR) is 185 cm³/mol. The van der Waals surface area contributed by atoms with E-state index < -0.39 is 0 Å². The molecule has 39 heavy (non-hydrogen) atoms. The van der Waals surface area contributed by atoms with Crippen LogP contribution in [0.3, 0.4) is 0 Å². The van der Waals surface area contributed by atoms with Crippen LogP contribution in [0.1, 0.15) is 159 Å². The molecule has 0 radical (unpaired) electrons. The molecule has 0 amide bonds. The fraction of sp³-hybridized carbons (Fsp3) is 0.895. The molecule has 0 aromatic carbocycles. The van der Waals surface area contributed by atoms with Gasteiger partial charge in [0.1, 0.15) is 0 Å². The minimum atomic E-state index is 0.687. The van der Waals surface area contributed by atoms with Gasteiger partial charge in [-0.2, -0.15) is 12.6 Å². The molecule has 0 heterocycles. The van der Waals surface area contributed by atoms with Gasteiger partial charge >= 0.3 is 0 Å². The highest BCUT2D eigenvalue weighted by Crippen LogP contribution is 2.69. The first-order chi connectivity index (χ1) is 18.7. The summed E-state index contributed by atoms with van der Waals surface area (Å²) >= 11 is 4.09. The standard InChI is InChI=1S/C25H44.C7H14S.2C2H6.C2H4/c1-6-7-8-19-9-10-21-23-18(3)16-20-15-17(2)11-13-25(20,5)22(23)12-14-24(19,21)4;1-3-4-5-7(2)6-8;3*1-2/h17-23H,6-16H2,1-5H3;8H,2-6H2,1H3;2*1-2H3;1-2H2. The Bertz CT molecular complexity index is 639. The molecule has 9 atom stereocenters. The van der Waals surface area contributed by atoms with Crippen LogP contribution >= 0.6 is 12.6 Å². The molecule has 0 saturated heterocycles. The summed E-state index contributed by atoms with van der Waals surface area (Å²) in [5.41, 5.74) is 2.64. The molecule has 0 aromatic heterocycles. The van der Waals surface area contributed by atoms with E-state index in [9.17, 15) is 0 Å². The first-order valence-corrected chi connectivity index (χ1v) is 18.1. The van der Waals surface area contributed by atoms with Crippen LogP contribution in [0.2, 0.25) is 0 Å². The van der Waals surface area contributed by atoms with E-state index in [4.69, 9.17) is 0 Å². The molecule has 4 aliphatic rings. The first-order valence-electron chi connectivity index (χ1n) is 17.5. The lowest BCUT2D eigenvalue weighted by Crippen LogP contribution is -2.55. The van der Waals surface area contributed by atoms with E-state index in [0.29, 0.717) is 10.8 Å². The maximum absolute atomic E-state index is 4.09. The number of rotatable bonds is 7. The van der Waals surface area contributed by atoms with E-state index in [1.165, 1.54) is 56.9 Å². The molecule has 4 aliphatic carbocycles. The lowest BCUT2D eigenvalue weighted by molar-refractivity contribution is -0.140. The van der Waals surface area contributed by atoms with Gasteiger partial charge in [0.15, 0.2) is 0 Å². The molecule has 1 heteroatoms. The Balaban J connectivity index is 0.000000877. The van der Waals surface area contributed by atoms with Crippen LogP contribution in [0.25, 0.3) is 0 Å². The van der Waals surface area contributed by atoms with Crippen LogP contribution in [0.15, 0.2) is 25.3 Å². The molecular formula is C38H74S. The van der Waals surface area contributed by atoms with Crippen LogP contribution in [-0.2, 0) is 0 Å². The summed E-state index contributed by atoms with van der Waals surface area (Å²) in [5.74, 6) is 8.07. The summed E-state index contributed by atoms with van der Waals surface area (Å²) < 4.78 is 0. The summed E-state index contributed by atoms with van der Waals surface area (Å²) in [6.07, 6.45) is 20.4. The van der Waals surface area contributed by atoms with Gasteiger partial charge in [-0.25, -0.2) is 0 Å². The molecule has 0 N–H and O–H groups in total. The van der Waals surface area contributed by atoms with Gasteiger partial charge in [-0.05, 0) is 116 Å². The normalized spacial score (nSPS) is 37.8. The Morgan fingerprint density at radius 2 is 1.36 bits per heavy atom. The molecule has 0 bridgehead atoms. The van der Waals surface area contributed by atoms with Gasteiger partial charge in [0, 0.05) is 5.75 Å². The topological polar surface area (TPSA) is 0 Å². The fourth-order valence-corrected chi connectivity index (χ4v) is 9.55. The average Bonchev–Trinajstić information content (AvgIpc) is 3.31. The molecular weight excluding hydrogens is 488 g/mol. The lowest BCUT2D eigenvalue weighted by Gasteiger charge is -2.63. The van der Waals surface area contributed by atoms with Gasteiger partial charge in [-0.15, -0.1) is 13.2 Å². The maximum atomic E-state index is 4.09. The van der Waals surface area contributed by atoms with E-state index in [2.05, 4.69) is 73.9 Å². The maximum Gasteiger partial charge on any atom is 0.0110 e. The Hall–Kier alpha value is -0.170. The number of fused-ring (bicyclic) bond motifs is 5. The van der Waals surface area contributed by atoms with Crippen LogP contribution in [0.4, 0.5) is 0 Å². The van der Waals surface area contributed by atoms with Gasteiger partial charge in [0.05, 0.1) is 0 Å². The third-order valence-corrected chi connectivity index (χ3v) is 11.9. The first kappa shape index (κ1) is 38.8. The predicted octanol–water partition coefficient (Wildman–Crippen LogP) is 13.2.